The van der Waals surface area contributed by atoms with Gasteiger partial charge in [-0.1, -0.05) is 12.8 Å². The lowest BCUT2D eigenvalue weighted by Gasteiger charge is -2.20. The van der Waals surface area contributed by atoms with Gasteiger partial charge in [-0.3, -0.25) is 4.31 Å². The quantitative estimate of drug-likeness (QED) is 0.524. The number of unbranched alkanes of at least 4 members (excludes halogenated alkanes) is 3. The van der Waals surface area contributed by atoms with Crippen molar-refractivity contribution < 1.29 is 17.5 Å². The van der Waals surface area contributed by atoms with Crippen LogP contribution in [0, 0.1) is 5.82 Å². The fraction of sp³-hybridized carbons (Fsp3) is 0.429. The number of benzene rings is 2. The minimum Gasteiger partial charge on any atom is -0.494 e. The van der Waals surface area contributed by atoms with Gasteiger partial charge in [-0.2, -0.15) is 0 Å². The van der Waals surface area contributed by atoms with E-state index in [4.69, 9.17) is 4.74 Å². The number of hydrogen-bond donors (Lipinski definition) is 0. The van der Waals surface area contributed by atoms with Gasteiger partial charge in [0, 0.05) is 7.05 Å². The van der Waals surface area contributed by atoms with E-state index in [2.05, 4.69) is 19.0 Å². The van der Waals surface area contributed by atoms with Crippen LogP contribution in [0.25, 0.3) is 0 Å². The van der Waals surface area contributed by atoms with Crippen molar-refractivity contribution in [2.24, 2.45) is 0 Å². The predicted octanol–water partition coefficient (Wildman–Crippen LogP) is 4.15. The summed E-state index contributed by atoms with van der Waals surface area (Å²) in [6, 6.07) is 11.7. The molecule has 0 radical (unpaired) electrons. The SMILES string of the molecule is CN(C)CCCCCCOc1ccc(N(C)S(=O)(=O)c2ccc(F)cc2)cc1. The molecule has 0 unspecified atom stereocenters. The molecule has 0 bridgehead atoms. The summed E-state index contributed by atoms with van der Waals surface area (Å²) in [6.07, 6.45) is 4.50. The Morgan fingerprint density at radius 2 is 1.46 bits per heavy atom. The third kappa shape index (κ3) is 6.49. The van der Waals surface area contributed by atoms with Gasteiger partial charge in [-0.15, -0.1) is 0 Å². The second-order valence-corrected chi connectivity index (χ2v) is 8.96. The zero-order valence-corrected chi connectivity index (χ0v) is 17.6. The van der Waals surface area contributed by atoms with Crippen LogP contribution in [0.15, 0.2) is 53.4 Å². The number of anilines is 1. The number of hydrogen-bond acceptors (Lipinski definition) is 4. The van der Waals surface area contributed by atoms with Crippen LogP contribution in [0.3, 0.4) is 0 Å². The first-order valence-corrected chi connectivity index (χ1v) is 10.9. The van der Waals surface area contributed by atoms with Crippen molar-refractivity contribution in [3.05, 3.63) is 54.3 Å². The van der Waals surface area contributed by atoms with Crippen LogP contribution in [0.2, 0.25) is 0 Å². The van der Waals surface area contributed by atoms with E-state index in [1.807, 2.05) is 0 Å². The molecular weight excluding hydrogens is 379 g/mol. The molecule has 0 aromatic heterocycles. The van der Waals surface area contributed by atoms with E-state index in [0.29, 0.717) is 18.0 Å². The molecule has 0 spiro atoms. The molecule has 0 fully saturated rings. The zero-order chi connectivity index (χ0) is 20.6. The van der Waals surface area contributed by atoms with Crippen molar-refractivity contribution in [1.29, 1.82) is 0 Å². The molecule has 0 aliphatic heterocycles. The Labute approximate surface area is 167 Å². The molecule has 0 aliphatic carbocycles. The molecule has 0 heterocycles. The topological polar surface area (TPSA) is 49.9 Å². The summed E-state index contributed by atoms with van der Waals surface area (Å²) in [7, 11) is 1.90. The number of ether oxygens (including phenoxy) is 1. The van der Waals surface area contributed by atoms with Crippen LogP contribution in [0.5, 0.6) is 5.75 Å². The van der Waals surface area contributed by atoms with Gasteiger partial charge in [0.15, 0.2) is 0 Å². The van der Waals surface area contributed by atoms with Gasteiger partial charge in [-0.25, -0.2) is 12.8 Å². The molecule has 2 rings (SSSR count). The van der Waals surface area contributed by atoms with E-state index in [1.165, 1.54) is 36.3 Å². The van der Waals surface area contributed by atoms with Crippen molar-refractivity contribution in [3.63, 3.8) is 0 Å². The summed E-state index contributed by atoms with van der Waals surface area (Å²) in [4.78, 5) is 2.23. The van der Waals surface area contributed by atoms with Crippen molar-refractivity contribution in [3.8, 4) is 5.75 Å². The van der Waals surface area contributed by atoms with E-state index in [-0.39, 0.29) is 4.90 Å². The van der Waals surface area contributed by atoms with Crippen LogP contribution < -0.4 is 9.04 Å². The summed E-state index contributed by atoms with van der Waals surface area (Å²) in [5.41, 5.74) is 0.514. The Morgan fingerprint density at radius 3 is 2.07 bits per heavy atom. The number of rotatable bonds is 11. The second-order valence-electron chi connectivity index (χ2n) is 6.99. The van der Waals surface area contributed by atoms with Gasteiger partial charge in [0.1, 0.15) is 11.6 Å². The number of halogens is 1. The smallest absolute Gasteiger partial charge is 0.264 e. The first-order valence-electron chi connectivity index (χ1n) is 9.43. The van der Waals surface area contributed by atoms with Crippen molar-refractivity contribution in [2.75, 3.05) is 38.6 Å². The Balaban J connectivity index is 1.85. The predicted molar refractivity (Wildman–Crippen MR) is 111 cm³/mol. The van der Waals surface area contributed by atoms with E-state index in [9.17, 15) is 12.8 Å². The summed E-state index contributed by atoms with van der Waals surface area (Å²) in [6.45, 7) is 1.75. The fourth-order valence-electron chi connectivity index (χ4n) is 2.73. The average Bonchev–Trinajstić information content (AvgIpc) is 2.67. The molecule has 0 atom stereocenters. The Hall–Kier alpha value is -2.12. The van der Waals surface area contributed by atoms with Gasteiger partial charge in [0.2, 0.25) is 0 Å². The monoisotopic (exact) mass is 408 g/mol. The number of sulfonamides is 1. The lowest BCUT2D eigenvalue weighted by Crippen LogP contribution is -2.26. The van der Waals surface area contributed by atoms with Gasteiger partial charge in [0.25, 0.3) is 10.0 Å². The van der Waals surface area contributed by atoms with Gasteiger partial charge in [-0.05, 0) is 82.0 Å². The highest BCUT2D eigenvalue weighted by Gasteiger charge is 2.21. The standard InChI is InChI=1S/C21H29FN2O3S/c1-23(2)16-6-4-5-7-17-27-20-12-10-19(11-13-20)24(3)28(25,26)21-14-8-18(22)9-15-21/h8-15H,4-7,16-17H2,1-3H3. The summed E-state index contributed by atoms with van der Waals surface area (Å²) < 4.78 is 45.2. The minimum atomic E-state index is -3.74. The molecule has 0 saturated heterocycles. The maximum absolute atomic E-state index is 13.0. The van der Waals surface area contributed by atoms with Gasteiger partial charge >= 0.3 is 0 Å². The van der Waals surface area contributed by atoms with E-state index in [0.717, 1.165) is 31.5 Å². The normalized spacial score (nSPS) is 11.6. The molecular formula is C21H29FN2O3S. The molecule has 7 heteroatoms. The Morgan fingerprint density at radius 1 is 0.857 bits per heavy atom. The highest BCUT2D eigenvalue weighted by atomic mass is 32.2. The van der Waals surface area contributed by atoms with E-state index < -0.39 is 15.8 Å². The van der Waals surface area contributed by atoms with Crippen LogP contribution in [0.1, 0.15) is 25.7 Å². The van der Waals surface area contributed by atoms with Crippen molar-refractivity contribution in [1.82, 2.24) is 4.90 Å². The lowest BCUT2D eigenvalue weighted by molar-refractivity contribution is 0.302. The maximum atomic E-state index is 13.0. The summed E-state index contributed by atoms with van der Waals surface area (Å²) in [5, 5.41) is 0. The Bertz CT molecular complexity index is 822. The molecule has 154 valence electrons. The van der Waals surface area contributed by atoms with Crippen molar-refractivity contribution in [2.45, 2.75) is 30.6 Å². The molecule has 0 saturated carbocycles. The lowest BCUT2D eigenvalue weighted by atomic mass is 10.2. The maximum Gasteiger partial charge on any atom is 0.264 e. The molecule has 0 N–H and O–H groups in total. The molecule has 28 heavy (non-hydrogen) atoms. The van der Waals surface area contributed by atoms with Gasteiger partial charge in [0.05, 0.1) is 17.2 Å². The first-order chi connectivity index (χ1) is 13.3. The molecule has 2 aromatic rings. The van der Waals surface area contributed by atoms with E-state index >= 15 is 0 Å². The minimum absolute atomic E-state index is 0.0472. The largest absolute Gasteiger partial charge is 0.494 e. The van der Waals surface area contributed by atoms with Crippen molar-refractivity contribution >= 4 is 15.7 Å². The highest BCUT2D eigenvalue weighted by molar-refractivity contribution is 7.92. The zero-order valence-electron chi connectivity index (χ0n) is 16.8. The first kappa shape index (κ1) is 22.2. The highest BCUT2D eigenvalue weighted by Crippen LogP contribution is 2.24. The van der Waals surface area contributed by atoms with Crippen LogP contribution in [-0.4, -0.2) is 47.6 Å². The third-order valence-electron chi connectivity index (χ3n) is 4.44. The second kappa shape index (κ2) is 10.4. The third-order valence-corrected chi connectivity index (χ3v) is 6.24. The van der Waals surface area contributed by atoms with Crippen LogP contribution >= 0.6 is 0 Å². The summed E-state index contributed by atoms with van der Waals surface area (Å²) in [5.74, 6) is 0.241. The fourth-order valence-corrected chi connectivity index (χ4v) is 3.92. The van der Waals surface area contributed by atoms with Gasteiger partial charge < -0.3 is 9.64 Å². The molecule has 0 aliphatic rings. The molecule has 5 nitrogen and oxygen atoms in total. The van der Waals surface area contributed by atoms with Crippen LogP contribution in [-0.2, 0) is 10.0 Å². The average molecular weight is 409 g/mol. The van der Waals surface area contributed by atoms with Crippen LogP contribution in [0.4, 0.5) is 10.1 Å². The molecule has 0 amide bonds. The van der Waals surface area contributed by atoms with E-state index in [1.54, 1.807) is 24.3 Å². The molecule has 2 aromatic carbocycles. The number of nitrogens with zero attached hydrogens (tertiary/aromatic N) is 2. The Kier molecular flexibility index (Phi) is 8.26. The summed E-state index contributed by atoms with van der Waals surface area (Å²) >= 11 is 0.